The molecule has 0 saturated carbocycles. The fourth-order valence-electron chi connectivity index (χ4n) is 1.82. The molecule has 0 heterocycles. The average molecular weight is 269 g/mol. The first-order chi connectivity index (χ1) is 9.59. The highest BCUT2D eigenvalue weighted by atomic mass is 16.6. The third-order valence-electron chi connectivity index (χ3n) is 2.75. The smallest absolute Gasteiger partial charge is 0.336 e. The molecule has 0 aliphatic heterocycles. The highest BCUT2D eigenvalue weighted by Gasteiger charge is 2.15. The minimum absolute atomic E-state index is 0.0138. The van der Waals surface area contributed by atoms with Gasteiger partial charge in [0.2, 0.25) is 0 Å². The summed E-state index contributed by atoms with van der Waals surface area (Å²) in [6.07, 6.45) is 1.32. The summed E-state index contributed by atoms with van der Waals surface area (Å²) in [5.74, 6) is -1.13. The molecule has 5 nitrogen and oxygen atoms in total. The lowest BCUT2D eigenvalue weighted by molar-refractivity contribution is -0.385. The quantitative estimate of drug-likeness (QED) is 0.400. The number of nitro groups is 1. The van der Waals surface area contributed by atoms with Crippen molar-refractivity contribution in [2.45, 2.75) is 0 Å². The van der Waals surface area contributed by atoms with E-state index >= 15 is 0 Å². The predicted octanol–water partition coefficient (Wildman–Crippen LogP) is 3.22. The molecule has 0 amide bonds. The van der Waals surface area contributed by atoms with Gasteiger partial charge >= 0.3 is 5.97 Å². The lowest BCUT2D eigenvalue weighted by atomic mass is 10.0. The molecule has 0 saturated heterocycles. The first-order valence-corrected chi connectivity index (χ1v) is 5.83. The number of aliphatic carboxylic acids is 1. The molecule has 2 rings (SSSR count). The van der Waals surface area contributed by atoms with Gasteiger partial charge in [0, 0.05) is 6.07 Å². The maximum atomic E-state index is 11.3. The van der Waals surface area contributed by atoms with E-state index in [-0.39, 0.29) is 16.8 Å². The van der Waals surface area contributed by atoms with Crippen LogP contribution in [0.15, 0.2) is 54.6 Å². The summed E-state index contributed by atoms with van der Waals surface area (Å²) in [6, 6.07) is 14.5. The van der Waals surface area contributed by atoms with Crippen LogP contribution in [0.5, 0.6) is 0 Å². The van der Waals surface area contributed by atoms with Crippen LogP contribution in [-0.4, -0.2) is 16.0 Å². The summed E-state index contributed by atoms with van der Waals surface area (Å²) in [7, 11) is 0. The molecule has 1 N–H and O–H groups in total. The Kier molecular flexibility index (Phi) is 3.91. The third kappa shape index (κ3) is 2.89. The van der Waals surface area contributed by atoms with Gasteiger partial charge in [-0.1, -0.05) is 42.5 Å². The standard InChI is InChI=1S/C15H11NO4/c17-15(18)13(11-6-2-1-3-7-11)10-12-8-4-5-9-14(12)16(19)20/h1-10H,(H,17,18)/b13-10+. The molecule has 0 atom stereocenters. The van der Waals surface area contributed by atoms with Crippen molar-refractivity contribution in [2.75, 3.05) is 0 Å². The summed E-state index contributed by atoms with van der Waals surface area (Å²) in [5.41, 5.74) is 0.652. The molecule has 20 heavy (non-hydrogen) atoms. The molecule has 0 aromatic heterocycles. The number of carboxylic acids is 1. The molecule has 0 aliphatic carbocycles. The summed E-state index contributed by atoms with van der Waals surface area (Å²) in [4.78, 5) is 21.8. The van der Waals surface area contributed by atoms with Crippen molar-refractivity contribution in [1.29, 1.82) is 0 Å². The van der Waals surface area contributed by atoms with Gasteiger partial charge in [-0.3, -0.25) is 10.1 Å². The van der Waals surface area contributed by atoms with Gasteiger partial charge in [0.05, 0.1) is 16.1 Å². The average Bonchev–Trinajstić information content (AvgIpc) is 2.45. The Morgan fingerprint density at radius 3 is 2.25 bits per heavy atom. The van der Waals surface area contributed by atoms with E-state index in [9.17, 15) is 20.0 Å². The predicted molar refractivity (Wildman–Crippen MR) is 75.0 cm³/mol. The molecular weight excluding hydrogens is 258 g/mol. The SMILES string of the molecule is O=C(O)/C(=C/c1ccccc1[N+](=O)[O-])c1ccccc1. The van der Waals surface area contributed by atoms with Crippen molar-refractivity contribution < 1.29 is 14.8 Å². The number of hydrogen-bond donors (Lipinski definition) is 1. The van der Waals surface area contributed by atoms with Gasteiger partial charge < -0.3 is 5.11 Å². The maximum absolute atomic E-state index is 11.3. The second kappa shape index (κ2) is 5.79. The summed E-state index contributed by atoms with van der Waals surface area (Å²) < 4.78 is 0. The van der Waals surface area contributed by atoms with Gasteiger partial charge in [0.1, 0.15) is 0 Å². The Labute approximate surface area is 115 Å². The molecular formula is C15H11NO4. The topological polar surface area (TPSA) is 80.4 Å². The molecule has 5 heteroatoms. The van der Waals surface area contributed by atoms with Crippen molar-refractivity contribution in [3.63, 3.8) is 0 Å². The highest BCUT2D eigenvalue weighted by Crippen LogP contribution is 2.24. The molecule has 0 radical (unpaired) electrons. The minimum atomic E-state index is -1.13. The first kappa shape index (κ1) is 13.5. The van der Waals surface area contributed by atoms with E-state index in [0.29, 0.717) is 5.56 Å². The molecule has 0 unspecified atom stereocenters. The molecule has 2 aromatic rings. The Morgan fingerprint density at radius 2 is 1.65 bits per heavy atom. The van der Waals surface area contributed by atoms with E-state index in [1.54, 1.807) is 42.5 Å². The van der Waals surface area contributed by atoms with Gasteiger partial charge in [0.25, 0.3) is 5.69 Å². The summed E-state index contributed by atoms with van der Waals surface area (Å²) >= 11 is 0. The second-order valence-electron chi connectivity index (χ2n) is 4.05. The zero-order chi connectivity index (χ0) is 14.5. The molecule has 0 aliphatic rings. The van der Waals surface area contributed by atoms with Crippen molar-refractivity contribution in [3.05, 3.63) is 75.8 Å². The van der Waals surface area contributed by atoms with Crippen LogP contribution in [0.4, 0.5) is 5.69 Å². The van der Waals surface area contributed by atoms with Crippen molar-refractivity contribution in [1.82, 2.24) is 0 Å². The monoisotopic (exact) mass is 269 g/mol. The van der Waals surface area contributed by atoms with E-state index in [1.165, 1.54) is 18.2 Å². The minimum Gasteiger partial charge on any atom is -0.478 e. The van der Waals surface area contributed by atoms with Gasteiger partial charge in [-0.15, -0.1) is 0 Å². The van der Waals surface area contributed by atoms with E-state index in [4.69, 9.17) is 0 Å². The van der Waals surface area contributed by atoms with Crippen LogP contribution < -0.4 is 0 Å². The molecule has 100 valence electrons. The lowest BCUT2D eigenvalue weighted by Gasteiger charge is -2.03. The first-order valence-electron chi connectivity index (χ1n) is 5.83. The molecule has 2 aromatic carbocycles. The highest BCUT2D eigenvalue weighted by molar-refractivity contribution is 6.20. The fraction of sp³-hybridized carbons (Fsp3) is 0. The third-order valence-corrected chi connectivity index (χ3v) is 2.75. The van der Waals surface area contributed by atoms with Crippen molar-refractivity contribution in [3.8, 4) is 0 Å². The van der Waals surface area contributed by atoms with Crippen molar-refractivity contribution >= 4 is 23.3 Å². The lowest BCUT2D eigenvalue weighted by Crippen LogP contribution is -2.00. The number of carboxylic acid groups (broad SMARTS) is 1. The molecule has 0 fully saturated rings. The normalized spacial score (nSPS) is 11.1. The zero-order valence-corrected chi connectivity index (χ0v) is 10.4. The largest absolute Gasteiger partial charge is 0.478 e. The van der Waals surface area contributed by atoms with Gasteiger partial charge in [0.15, 0.2) is 0 Å². The van der Waals surface area contributed by atoms with Crippen LogP contribution >= 0.6 is 0 Å². The maximum Gasteiger partial charge on any atom is 0.336 e. The van der Waals surface area contributed by atoms with Crippen LogP contribution in [0.25, 0.3) is 11.6 Å². The number of rotatable bonds is 4. The van der Waals surface area contributed by atoms with Gasteiger partial charge in [-0.2, -0.15) is 0 Å². The van der Waals surface area contributed by atoms with E-state index in [1.807, 2.05) is 0 Å². The van der Waals surface area contributed by atoms with Crippen LogP contribution in [0, 0.1) is 10.1 Å². The Balaban J connectivity index is 2.56. The van der Waals surface area contributed by atoms with Gasteiger partial charge in [-0.05, 0) is 17.7 Å². The van der Waals surface area contributed by atoms with Crippen molar-refractivity contribution in [2.24, 2.45) is 0 Å². The van der Waals surface area contributed by atoms with Gasteiger partial charge in [-0.25, -0.2) is 4.79 Å². The second-order valence-corrected chi connectivity index (χ2v) is 4.05. The Morgan fingerprint density at radius 1 is 1.05 bits per heavy atom. The number of nitrogens with zero attached hydrogens (tertiary/aromatic N) is 1. The van der Waals surface area contributed by atoms with E-state index in [0.717, 1.165) is 0 Å². The molecule has 0 bridgehead atoms. The van der Waals surface area contributed by atoms with E-state index < -0.39 is 10.9 Å². The summed E-state index contributed by atoms with van der Waals surface area (Å²) in [6.45, 7) is 0. The number of para-hydroxylation sites is 1. The summed E-state index contributed by atoms with van der Waals surface area (Å²) in [5, 5.41) is 20.2. The number of benzene rings is 2. The Hall–Kier alpha value is -2.95. The number of hydrogen-bond acceptors (Lipinski definition) is 3. The van der Waals surface area contributed by atoms with Crippen LogP contribution in [0.3, 0.4) is 0 Å². The van der Waals surface area contributed by atoms with E-state index in [2.05, 4.69) is 0 Å². The zero-order valence-electron chi connectivity index (χ0n) is 10.4. The number of nitro benzene ring substituents is 1. The Bertz CT molecular complexity index is 677. The van der Waals surface area contributed by atoms with Crippen LogP contribution in [0.2, 0.25) is 0 Å². The fourth-order valence-corrected chi connectivity index (χ4v) is 1.82. The molecule has 0 spiro atoms. The number of carbonyl (C=O) groups is 1. The van der Waals surface area contributed by atoms with Crippen LogP contribution in [-0.2, 0) is 4.79 Å². The van der Waals surface area contributed by atoms with Crippen LogP contribution in [0.1, 0.15) is 11.1 Å².